The van der Waals surface area contributed by atoms with Gasteiger partial charge in [0.25, 0.3) is 5.91 Å². The summed E-state index contributed by atoms with van der Waals surface area (Å²) in [7, 11) is 0. The van der Waals surface area contributed by atoms with Crippen molar-refractivity contribution in [2.45, 2.75) is 25.8 Å². The molecule has 0 spiro atoms. The van der Waals surface area contributed by atoms with Crippen LogP contribution in [0.1, 0.15) is 30.7 Å². The number of hydrogen-bond donors (Lipinski definition) is 1. The molecule has 116 valence electrons. The smallest absolute Gasteiger partial charge is 0.306 e. The second kappa shape index (κ2) is 8.02. The van der Waals surface area contributed by atoms with Gasteiger partial charge in [0, 0.05) is 6.42 Å². The number of amides is 1. The number of esters is 1. The van der Waals surface area contributed by atoms with E-state index in [2.05, 4.69) is 5.32 Å². The van der Waals surface area contributed by atoms with Gasteiger partial charge in [0.2, 0.25) is 0 Å². The molecule has 0 aliphatic heterocycles. The predicted octanol–water partition coefficient (Wildman–Crippen LogP) is 2.63. The lowest BCUT2D eigenvalue weighted by Gasteiger charge is -2.14. The van der Waals surface area contributed by atoms with Crippen molar-refractivity contribution >= 4 is 11.9 Å². The van der Waals surface area contributed by atoms with Crippen LogP contribution in [0.3, 0.4) is 0 Å². The summed E-state index contributed by atoms with van der Waals surface area (Å²) in [4.78, 5) is 23.3. The van der Waals surface area contributed by atoms with E-state index in [0.717, 1.165) is 11.3 Å². The van der Waals surface area contributed by atoms with Gasteiger partial charge in [0.1, 0.15) is 5.76 Å². The number of carbonyl (C=O) groups excluding carboxylic acids is 2. The maximum atomic E-state index is 11.8. The molecule has 0 saturated heterocycles. The highest BCUT2D eigenvalue weighted by Gasteiger charge is 2.12. The minimum absolute atomic E-state index is 0.129. The molecule has 1 aromatic heterocycles. The molecule has 0 fully saturated rings. The van der Waals surface area contributed by atoms with E-state index in [-0.39, 0.29) is 25.0 Å². The average Bonchev–Trinajstić information content (AvgIpc) is 3.05. The number of nitrogens with one attached hydrogen (secondary N) is 1. The van der Waals surface area contributed by atoms with Crippen LogP contribution < -0.4 is 5.32 Å². The molecule has 0 radical (unpaired) electrons. The van der Waals surface area contributed by atoms with Crippen molar-refractivity contribution in [2.75, 3.05) is 6.61 Å². The number of benzene rings is 1. The Morgan fingerprint density at radius 2 is 1.95 bits per heavy atom. The van der Waals surface area contributed by atoms with Gasteiger partial charge in [-0.3, -0.25) is 9.59 Å². The van der Waals surface area contributed by atoms with Crippen LogP contribution in [0.2, 0.25) is 0 Å². The lowest BCUT2D eigenvalue weighted by atomic mass is 10.1. The average molecular weight is 301 g/mol. The Balaban J connectivity index is 1.67. The van der Waals surface area contributed by atoms with Crippen LogP contribution in [0, 0.1) is 0 Å². The molecule has 2 rings (SSSR count). The fourth-order valence-corrected chi connectivity index (χ4v) is 2.01. The highest BCUT2D eigenvalue weighted by atomic mass is 16.5. The monoisotopic (exact) mass is 301 g/mol. The Morgan fingerprint density at radius 3 is 2.64 bits per heavy atom. The van der Waals surface area contributed by atoms with Crippen molar-refractivity contribution in [1.82, 2.24) is 5.32 Å². The first-order valence-electron chi connectivity index (χ1n) is 7.17. The summed E-state index contributed by atoms with van der Waals surface area (Å²) in [5.74, 6) is -0.0132. The number of rotatable bonds is 7. The van der Waals surface area contributed by atoms with Crippen LogP contribution in [0.15, 0.2) is 53.1 Å². The Hall–Kier alpha value is -2.56. The molecule has 22 heavy (non-hydrogen) atoms. The van der Waals surface area contributed by atoms with E-state index in [1.54, 1.807) is 18.4 Å². The van der Waals surface area contributed by atoms with Crippen molar-refractivity contribution in [2.24, 2.45) is 0 Å². The minimum atomic E-state index is -0.418. The highest BCUT2D eigenvalue weighted by molar-refractivity contribution is 5.80. The normalized spacial score (nSPS) is 11.7. The molecule has 0 saturated carbocycles. The summed E-state index contributed by atoms with van der Waals surface area (Å²) in [6, 6.07) is 13.0. The second-order valence-corrected chi connectivity index (χ2v) is 4.94. The van der Waals surface area contributed by atoms with E-state index >= 15 is 0 Å². The minimum Gasteiger partial charge on any atom is -0.469 e. The van der Waals surface area contributed by atoms with E-state index in [9.17, 15) is 9.59 Å². The van der Waals surface area contributed by atoms with Gasteiger partial charge < -0.3 is 14.5 Å². The molecule has 5 nitrogen and oxygen atoms in total. The summed E-state index contributed by atoms with van der Waals surface area (Å²) >= 11 is 0. The Bertz CT molecular complexity index is 592. The molecule has 0 aliphatic carbocycles. The largest absolute Gasteiger partial charge is 0.469 e. The SMILES string of the molecule is C[C@@H](NC(=O)COC(=O)CCc1ccco1)c1ccccc1. The van der Waals surface area contributed by atoms with E-state index in [0.29, 0.717) is 6.42 Å². The fraction of sp³-hybridized carbons (Fsp3) is 0.294. The lowest BCUT2D eigenvalue weighted by Crippen LogP contribution is -2.31. The first-order valence-corrected chi connectivity index (χ1v) is 7.17. The molecule has 1 amide bonds. The first-order chi connectivity index (χ1) is 10.6. The van der Waals surface area contributed by atoms with Crippen LogP contribution in [-0.2, 0) is 20.7 Å². The zero-order valence-electron chi connectivity index (χ0n) is 12.5. The summed E-state index contributed by atoms with van der Waals surface area (Å²) in [5.41, 5.74) is 1.000. The quantitative estimate of drug-likeness (QED) is 0.798. The number of aryl methyl sites for hydroxylation is 1. The van der Waals surface area contributed by atoms with Gasteiger partial charge in [0.05, 0.1) is 18.7 Å². The molecular weight excluding hydrogens is 282 g/mol. The van der Waals surface area contributed by atoms with E-state index < -0.39 is 5.97 Å². The number of ether oxygens (including phenoxy) is 1. The maximum Gasteiger partial charge on any atom is 0.306 e. The molecule has 5 heteroatoms. The molecule has 0 bridgehead atoms. The fourth-order valence-electron chi connectivity index (χ4n) is 2.01. The number of carbonyl (C=O) groups is 2. The second-order valence-electron chi connectivity index (χ2n) is 4.94. The standard InChI is InChI=1S/C17H19NO4/c1-13(14-6-3-2-4-7-14)18-16(19)12-22-17(20)10-9-15-8-5-11-21-15/h2-8,11,13H,9-10,12H2,1H3,(H,18,19)/t13-/m1/s1. The van der Waals surface area contributed by atoms with Crippen molar-refractivity contribution in [3.8, 4) is 0 Å². The predicted molar refractivity (Wildman–Crippen MR) is 81.0 cm³/mol. The van der Waals surface area contributed by atoms with Gasteiger partial charge in [-0.2, -0.15) is 0 Å². The maximum absolute atomic E-state index is 11.8. The van der Waals surface area contributed by atoms with Crippen molar-refractivity contribution < 1.29 is 18.7 Å². The number of furan rings is 1. The molecule has 1 N–H and O–H groups in total. The van der Waals surface area contributed by atoms with Crippen LogP contribution in [0.5, 0.6) is 0 Å². The van der Waals surface area contributed by atoms with Crippen molar-refractivity contribution in [1.29, 1.82) is 0 Å². The molecule has 1 atom stereocenters. The van der Waals surface area contributed by atoms with Crippen LogP contribution in [0.25, 0.3) is 0 Å². The van der Waals surface area contributed by atoms with Gasteiger partial charge in [-0.25, -0.2) is 0 Å². The molecule has 1 aromatic carbocycles. The van der Waals surface area contributed by atoms with Crippen LogP contribution in [-0.4, -0.2) is 18.5 Å². The van der Waals surface area contributed by atoms with E-state index in [1.807, 2.05) is 37.3 Å². The van der Waals surface area contributed by atoms with E-state index in [4.69, 9.17) is 9.15 Å². The third-order valence-corrected chi connectivity index (χ3v) is 3.20. The van der Waals surface area contributed by atoms with Gasteiger partial charge in [-0.05, 0) is 24.6 Å². The van der Waals surface area contributed by atoms with E-state index in [1.165, 1.54) is 0 Å². The molecule has 0 unspecified atom stereocenters. The third kappa shape index (κ3) is 5.09. The van der Waals surface area contributed by atoms with Gasteiger partial charge >= 0.3 is 5.97 Å². The van der Waals surface area contributed by atoms with Crippen LogP contribution in [0.4, 0.5) is 0 Å². The molecule has 2 aromatic rings. The molecular formula is C17H19NO4. The molecule has 1 heterocycles. The first kappa shape index (κ1) is 15.8. The summed E-state index contributed by atoms with van der Waals surface area (Å²) in [6.07, 6.45) is 2.21. The highest BCUT2D eigenvalue weighted by Crippen LogP contribution is 2.10. The van der Waals surface area contributed by atoms with Crippen molar-refractivity contribution in [3.63, 3.8) is 0 Å². The summed E-state index contributed by atoms with van der Waals surface area (Å²) in [5, 5.41) is 2.79. The van der Waals surface area contributed by atoms with Gasteiger partial charge in [-0.15, -0.1) is 0 Å². The zero-order chi connectivity index (χ0) is 15.8. The van der Waals surface area contributed by atoms with Crippen molar-refractivity contribution in [3.05, 3.63) is 60.1 Å². The Kier molecular flexibility index (Phi) is 5.77. The van der Waals surface area contributed by atoms with Crippen LogP contribution >= 0.6 is 0 Å². The van der Waals surface area contributed by atoms with Gasteiger partial charge in [0.15, 0.2) is 6.61 Å². The third-order valence-electron chi connectivity index (χ3n) is 3.20. The Morgan fingerprint density at radius 1 is 1.18 bits per heavy atom. The lowest BCUT2D eigenvalue weighted by molar-refractivity contribution is -0.148. The van der Waals surface area contributed by atoms with Gasteiger partial charge in [-0.1, -0.05) is 30.3 Å². The summed E-state index contributed by atoms with van der Waals surface area (Å²) < 4.78 is 10.1. The summed E-state index contributed by atoms with van der Waals surface area (Å²) in [6.45, 7) is 1.61. The molecule has 0 aliphatic rings. The zero-order valence-corrected chi connectivity index (χ0v) is 12.5. The number of hydrogen-bond acceptors (Lipinski definition) is 4. The topological polar surface area (TPSA) is 68.5 Å². The Labute approximate surface area is 129 Å².